The van der Waals surface area contributed by atoms with Crippen molar-refractivity contribution in [1.82, 2.24) is 10.2 Å². The monoisotopic (exact) mass is 329 g/mol. The van der Waals surface area contributed by atoms with Crippen LogP contribution < -0.4 is 11.1 Å². The van der Waals surface area contributed by atoms with Crippen LogP contribution in [0.2, 0.25) is 0 Å². The van der Waals surface area contributed by atoms with Gasteiger partial charge >= 0.3 is 0 Å². The van der Waals surface area contributed by atoms with Gasteiger partial charge in [0.15, 0.2) is 0 Å². The maximum Gasteiger partial charge on any atom is 0.234 e. The van der Waals surface area contributed by atoms with Gasteiger partial charge < -0.3 is 11.1 Å². The number of nitrogens with one attached hydrogen (secondary N) is 1. The van der Waals surface area contributed by atoms with E-state index in [-0.39, 0.29) is 17.4 Å². The Hall–Kier alpha value is -1.39. The van der Waals surface area contributed by atoms with Crippen molar-refractivity contribution in [3.8, 4) is 0 Å². The van der Waals surface area contributed by atoms with Gasteiger partial charge in [0, 0.05) is 6.54 Å². The summed E-state index contributed by atoms with van der Waals surface area (Å²) in [4.78, 5) is 14.6. The average Bonchev–Trinajstić information content (AvgIpc) is 2.95. The van der Waals surface area contributed by atoms with Gasteiger partial charge in [0.25, 0.3) is 0 Å². The molecule has 1 aliphatic carbocycles. The second-order valence-corrected chi connectivity index (χ2v) is 8.00. The highest BCUT2D eigenvalue weighted by molar-refractivity contribution is 5.78. The van der Waals surface area contributed by atoms with Crippen molar-refractivity contribution in [2.45, 2.75) is 52.0 Å². The highest BCUT2D eigenvalue weighted by Gasteiger charge is 2.33. The van der Waals surface area contributed by atoms with E-state index in [0.717, 1.165) is 19.5 Å². The van der Waals surface area contributed by atoms with Crippen LogP contribution in [0.3, 0.4) is 0 Å². The first-order chi connectivity index (χ1) is 11.5. The first-order valence-corrected chi connectivity index (χ1v) is 9.33. The molecule has 2 aliphatic rings. The molecule has 1 amide bonds. The number of amides is 1. The van der Waals surface area contributed by atoms with Crippen molar-refractivity contribution in [1.29, 1.82) is 0 Å². The molecule has 3 N–H and O–H groups in total. The van der Waals surface area contributed by atoms with E-state index in [0.29, 0.717) is 13.1 Å². The molecule has 1 saturated heterocycles. The zero-order valence-corrected chi connectivity index (χ0v) is 15.1. The van der Waals surface area contributed by atoms with Crippen molar-refractivity contribution in [3.05, 3.63) is 34.9 Å². The molecule has 1 aromatic carbocycles. The maximum atomic E-state index is 12.4. The molecule has 132 valence electrons. The van der Waals surface area contributed by atoms with Gasteiger partial charge in [-0.1, -0.05) is 25.1 Å². The maximum absolute atomic E-state index is 12.4. The Bertz CT molecular complexity index is 601. The van der Waals surface area contributed by atoms with E-state index in [1.54, 1.807) is 0 Å². The quantitative estimate of drug-likeness (QED) is 0.872. The van der Waals surface area contributed by atoms with Crippen molar-refractivity contribution in [2.24, 2.45) is 11.1 Å². The zero-order valence-electron chi connectivity index (χ0n) is 15.1. The molecule has 24 heavy (non-hydrogen) atoms. The normalized spacial score (nSPS) is 25.3. The van der Waals surface area contributed by atoms with Crippen LogP contribution in [0, 0.1) is 5.41 Å². The third-order valence-electron chi connectivity index (χ3n) is 5.75. The third kappa shape index (κ3) is 3.98. The van der Waals surface area contributed by atoms with Gasteiger partial charge in [-0.2, -0.15) is 0 Å². The van der Waals surface area contributed by atoms with Crippen LogP contribution in [0.15, 0.2) is 18.2 Å². The molecule has 0 spiro atoms. The van der Waals surface area contributed by atoms with E-state index in [4.69, 9.17) is 5.73 Å². The number of aryl methyl sites for hydroxylation is 2. The summed E-state index contributed by atoms with van der Waals surface area (Å²) in [6, 6.07) is 6.78. The summed E-state index contributed by atoms with van der Waals surface area (Å²) in [5.41, 5.74) is 10.2. The molecule has 4 heteroatoms. The van der Waals surface area contributed by atoms with Gasteiger partial charge in [0.05, 0.1) is 12.6 Å². The third-order valence-corrected chi connectivity index (χ3v) is 5.75. The van der Waals surface area contributed by atoms with Crippen molar-refractivity contribution in [2.75, 3.05) is 26.2 Å². The standard InChI is InChI=1S/C20H31N3O/c1-15(17-8-7-16-5-3-4-6-18(16)11-17)22-19(24)12-23-10-9-20(2,13-21)14-23/h7-8,11,15H,3-6,9-10,12-14,21H2,1-2H3,(H,22,24). The highest BCUT2D eigenvalue weighted by atomic mass is 16.2. The minimum atomic E-state index is 0.0632. The van der Waals surface area contributed by atoms with Gasteiger partial charge in [-0.05, 0) is 74.2 Å². The SMILES string of the molecule is CC(NC(=O)CN1CCC(C)(CN)C1)c1ccc2c(c1)CCCC2. The molecule has 1 aliphatic heterocycles. The summed E-state index contributed by atoms with van der Waals surface area (Å²) >= 11 is 0. The van der Waals surface area contributed by atoms with Crippen LogP contribution in [0.5, 0.6) is 0 Å². The van der Waals surface area contributed by atoms with Crippen LogP contribution >= 0.6 is 0 Å². The number of nitrogens with two attached hydrogens (primary N) is 1. The molecule has 2 atom stereocenters. The number of hydrogen-bond donors (Lipinski definition) is 2. The Kier molecular flexibility index (Phi) is 5.26. The Morgan fingerprint density at radius 1 is 1.33 bits per heavy atom. The average molecular weight is 329 g/mol. The molecule has 1 fully saturated rings. The van der Waals surface area contributed by atoms with E-state index < -0.39 is 0 Å². The lowest BCUT2D eigenvalue weighted by Crippen LogP contribution is -2.39. The van der Waals surface area contributed by atoms with Crippen LogP contribution in [0.4, 0.5) is 0 Å². The van der Waals surface area contributed by atoms with Gasteiger partial charge in [0.2, 0.25) is 5.91 Å². The van der Waals surface area contributed by atoms with Crippen LogP contribution in [0.25, 0.3) is 0 Å². The van der Waals surface area contributed by atoms with E-state index in [1.165, 1.54) is 42.4 Å². The highest BCUT2D eigenvalue weighted by Crippen LogP contribution is 2.28. The number of nitrogens with zero attached hydrogens (tertiary/aromatic N) is 1. The molecular formula is C20H31N3O. The van der Waals surface area contributed by atoms with Gasteiger partial charge in [-0.25, -0.2) is 0 Å². The molecular weight excluding hydrogens is 298 g/mol. The molecule has 3 rings (SSSR count). The zero-order chi connectivity index (χ0) is 17.2. The van der Waals surface area contributed by atoms with E-state index in [9.17, 15) is 4.79 Å². The van der Waals surface area contributed by atoms with E-state index in [1.807, 2.05) is 0 Å². The summed E-state index contributed by atoms with van der Waals surface area (Å²) in [5.74, 6) is 0.112. The molecule has 2 unspecified atom stereocenters. The Morgan fingerprint density at radius 3 is 2.79 bits per heavy atom. The topological polar surface area (TPSA) is 58.4 Å². The molecule has 4 nitrogen and oxygen atoms in total. The van der Waals surface area contributed by atoms with Gasteiger partial charge in [-0.15, -0.1) is 0 Å². The molecule has 1 heterocycles. The number of carbonyl (C=O) groups is 1. The minimum absolute atomic E-state index is 0.0632. The number of hydrogen-bond acceptors (Lipinski definition) is 3. The van der Waals surface area contributed by atoms with Gasteiger partial charge in [0.1, 0.15) is 0 Å². The lowest BCUT2D eigenvalue weighted by molar-refractivity contribution is -0.122. The van der Waals surface area contributed by atoms with Crippen molar-refractivity contribution < 1.29 is 4.79 Å². The van der Waals surface area contributed by atoms with Crippen LogP contribution in [-0.2, 0) is 17.6 Å². The first-order valence-electron chi connectivity index (χ1n) is 9.33. The number of likely N-dealkylation sites (tertiary alicyclic amines) is 1. The Labute approximate surface area is 145 Å². The van der Waals surface area contributed by atoms with Gasteiger partial charge in [-0.3, -0.25) is 9.69 Å². The summed E-state index contributed by atoms with van der Waals surface area (Å²) in [6.07, 6.45) is 6.04. The number of rotatable bonds is 5. The second kappa shape index (κ2) is 7.24. The van der Waals surface area contributed by atoms with E-state index in [2.05, 4.69) is 42.3 Å². The minimum Gasteiger partial charge on any atom is -0.348 e. The largest absolute Gasteiger partial charge is 0.348 e. The lowest BCUT2D eigenvalue weighted by Gasteiger charge is -2.23. The van der Waals surface area contributed by atoms with Crippen LogP contribution in [0.1, 0.15) is 55.8 Å². The fourth-order valence-electron chi connectivity index (χ4n) is 4.02. The smallest absolute Gasteiger partial charge is 0.234 e. The molecule has 0 bridgehead atoms. The predicted molar refractivity (Wildman–Crippen MR) is 97.9 cm³/mol. The Morgan fingerprint density at radius 2 is 2.08 bits per heavy atom. The summed E-state index contributed by atoms with van der Waals surface area (Å²) in [5, 5.41) is 3.16. The second-order valence-electron chi connectivity index (χ2n) is 8.00. The fraction of sp³-hybridized carbons (Fsp3) is 0.650. The Balaban J connectivity index is 1.55. The number of carbonyl (C=O) groups excluding carboxylic acids is 1. The predicted octanol–water partition coefficient (Wildman–Crippen LogP) is 2.41. The van der Waals surface area contributed by atoms with Crippen molar-refractivity contribution in [3.63, 3.8) is 0 Å². The molecule has 1 aromatic rings. The molecule has 0 aromatic heterocycles. The summed E-state index contributed by atoms with van der Waals surface area (Å²) < 4.78 is 0. The fourth-order valence-corrected chi connectivity index (χ4v) is 4.02. The number of benzene rings is 1. The summed E-state index contributed by atoms with van der Waals surface area (Å²) in [7, 11) is 0. The first kappa shape index (κ1) is 17.4. The lowest BCUT2D eigenvalue weighted by atomic mass is 9.89. The molecule has 0 saturated carbocycles. The van der Waals surface area contributed by atoms with Crippen LogP contribution in [-0.4, -0.2) is 37.0 Å². The van der Waals surface area contributed by atoms with Crippen molar-refractivity contribution >= 4 is 5.91 Å². The molecule has 0 radical (unpaired) electrons. The van der Waals surface area contributed by atoms with E-state index >= 15 is 0 Å². The summed E-state index contributed by atoms with van der Waals surface area (Å²) in [6.45, 7) is 7.34. The number of fused-ring (bicyclic) bond motifs is 1.